The maximum atomic E-state index is 12.4. The molecule has 0 saturated heterocycles. The monoisotopic (exact) mass is 328 g/mol. The van der Waals surface area contributed by atoms with E-state index in [-0.39, 0.29) is 11.3 Å². The lowest BCUT2D eigenvalue weighted by molar-refractivity contribution is -0.128. The van der Waals surface area contributed by atoms with Gasteiger partial charge in [-0.3, -0.25) is 4.79 Å². The zero-order valence-electron chi connectivity index (χ0n) is 15.2. The van der Waals surface area contributed by atoms with Crippen LogP contribution in [0.4, 0.5) is 0 Å². The van der Waals surface area contributed by atoms with Crippen molar-refractivity contribution in [3.63, 3.8) is 0 Å². The van der Waals surface area contributed by atoms with Crippen LogP contribution >= 0.6 is 0 Å². The Kier molecular flexibility index (Phi) is 4.71. The summed E-state index contributed by atoms with van der Waals surface area (Å²) >= 11 is 0. The fourth-order valence-corrected chi connectivity index (χ4v) is 4.61. The summed E-state index contributed by atoms with van der Waals surface area (Å²) in [7, 11) is 3.40. The van der Waals surface area contributed by atoms with E-state index in [1.165, 1.54) is 5.56 Å². The van der Waals surface area contributed by atoms with Crippen LogP contribution in [0.25, 0.3) is 0 Å². The van der Waals surface area contributed by atoms with E-state index >= 15 is 0 Å². The van der Waals surface area contributed by atoms with Crippen LogP contribution < -0.4 is 9.47 Å². The van der Waals surface area contributed by atoms with Gasteiger partial charge in [0, 0.05) is 12.3 Å². The molecule has 0 bridgehead atoms. The number of benzene rings is 1. The average molecular weight is 328 g/mol. The van der Waals surface area contributed by atoms with Gasteiger partial charge in [-0.25, -0.2) is 0 Å². The highest BCUT2D eigenvalue weighted by atomic mass is 16.5. The number of ether oxygens (including phenoxy) is 2. The molecule has 2 aliphatic rings. The molecule has 0 spiro atoms. The molecular formula is C21H28O3. The first-order valence-electron chi connectivity index (χ1n) is 8.91. The Balaban J connectivity index is 1.98. The Hall–Kier alpha value is -1.77. The number of ketones is 1. The quantitative estimate of drug-likeness (QED) is 0.766. The summed E-state index contributed by atoms with van der Waals surface area (Å²) in [5.41, 5.74) is 1.22. The van der Waals surface area contributed by atoms with Crippen LogP contribution in [0.1, 0.15) is 38.7 Å². The number of rotatable bonds is 4. The first kappa shape index (κ1) is 17.1. The minimum absolute atomic E-state index is 0.0507. The fourth-order valence-electron chi connectivity index (χ4n) is 4.61. The van der Waals surface area contributed by atoms with Gasteiger partial charge in [0.15, 0.2) is 0 Å². The molecule has 0 aromatic heterocycles. The van der Waals surface area contributed by atoms with Crippen molar-refractivity contribution in [2.45, 2.75) is 39.5 Å². The third-order valence-corrected chi connectivity index (χ3v) is 6.30. The number of Topliss-reactive ketones (excluding diaryl/α,β-unsaturated/α-hetero) is 1. The van der Waals surface area contributed by atoms with Gasteiger partial charge in [-0.15, -0.1) is 0 Å². The van der Waals surface area contributed by atoms with Crippen molar-refractivity contribution in [3.8, 4) is 11.5 Å². The summed E-state index contributed by atoms with van der Waals surface area (Å²) in [6.07, 6.45) is 8.20. The molecule has 1 aromatic carbocycles. The van der Waals surface area contributed by atoms with Gasteiger partial charge < -0.3 is 9.47 Å². The Bertz CT molecular complexity index is 648. The van der Waals surface area contributed by atoms with E-state index in [4.69, 9.17) is 9.47 Å². The first-order chi connectivity index (χ1) is 11.5. The van der Waals surface area contributed by atoms with Crippen molar-refractivity contribution in [2.24, 2.45) is 23.2 Å². The molecule has 24 heavy (non-hydrogen) atoms. The van der Waals surface area contributed by atoms with E-state index in [0.717, 1.165) is 37.2 Å². The lowest BCUT2D eigenvalue weighted by Gasteiger charge is -2.49. The van der Waals surface area contributed by atoms with Gasteiger partial charge in [-0.05, 0) is 60.3 Å². The number of carbonyl (C=O) groups excluding carboxylic acids is 1. The van der Waals surface area contributed by atoms with Crippen LogP contribution in [-0.4, -0.2) is 20.0 Å². The summed E-state index contributed by atoms with van der Waals surface area (Å²) in [6.45, 7) is 4.62. The number of allylic oxidation sites excluding steroid dienone is 2. The number of methoxy groups -OCH3 is 2. The summed E-state index contributed by atoms with van der Waals surface area (Å²) < 4.78 is 11.0. The van der Waals surface area contributed by atoms with Crippen LogP contribution in [0.15, 0.2) is 30.4 Å². The van der Waals surface area contributed by atoms with Gasteiger partial charge in [-0.1, -0.05) is 26.0 Å². The number of hydrogen-bond acceptors (Lipinski definition) is 3. The van der Waals surface area contributed by atoms with Gasteiger partial charge >= 0.3 is 0 Å². The second kappa shape index (κ2) is 6.62. The third kappa shape index (κ3) is 2.85. The molecule has 130 valence electrons. The minimum atomic E-state index is 0.0507. The zero-order valence-corrected chi connectivity index (χ0v) is 15.2. The average Bonchev–Trinajstić information content (AvgIpc) is 2.59. The Morgan fingerprint density at radius 3 is 2.71 bits per heavy atom. The van der Waals surface area contributed by atoms with E-state index < -0.39 is 0 Å². The predicted molar refractivity (Wildman–Crippen MR) is 95.5 cm³/mol. The molecule has 1 fully saturated rings. The molecule has 2 aliphatic carbocycles. The van der Waals surface area contributed by atoms with E-state index in [2.05, 4.69) is 32.1 Å². The van der Waals surface area contributed by atoms with Crippen LogP contribution in [0.3, 0.4) is 0 Å². The predicted octanol–water partition coefficient (Wildman–Crippen LogP) is 4.44. The largest absolute Gasteiger partial charge is 0.497 e. The molecular weight excluding hydrogens is 300 g/mol. The lowest BCUT2D eigenvalue weighted by Crippen LogP contribution is -2.46. The Labute approximate surface area is 145 Å². The van der Waals surface area contributed by atoms with E-state index in [9.17, 15) is 4.79 Å². The molecule has 1 aromatic rings. The fraction of sp³-hybridized carbons (Fsp3) is 0.571. The number of carbonyl (C=O) groups is 1. The molecule has 1 saturated carbocycles. The summed E-state index contributed by atoms with van der Waals surface area (Å²) in [5.74, 6) is 3.10. The smallest absolute Gasteiger partial charge is 0.140 e. The highest BCUT2D eigenvalue weighted by Crippen LogP contribution is 2.52. The lowest BCUT2D eigenvalue weighted by atomic mass is 9.55. The standard InChI is InChI=1S/C21H28O3/c1-14-8-10-17-18(6-5-7-19(17)22)21(14,2)13-15-12-16(23-3)9-11-20(15)24-4/h8-12,14,17-18H,5-7,13H2,1-4H3/t14-,17+,18-,21-/m1/s1. The van der Waals surface area contributed by atoms with Gasteiger partial charge in [0.1, 0.15) is 17.3 Å². The van der Waals surface area contributed by atoms with E-state index in [1.54, 1.807) is 14.2 Å². The van der Waals surface area contributed by atoms with Gasteiger partial charge in [0.2, 0.25) is 0 Å². The molecule has 0 N–H and O–H groups in total. The summed E-state index contributed by atoms with van der Waals surface area (Å²) in [4.78, 5) is 12.4. The summed E-state index contributed by atoms with van der Waals surface area (Å²) in [6, 6.07) is 5.99. The molecule has 3 rings (SSSR count). The molecule has 3 heteroatoms. The van der Waals surface area contributed by atoms with Crippen molar-refractivity contribution in [1.29, 1.82) is 0 Å². The normalized spacial score (nSPS) is 32.3. The zero-order chi connectivity index (χ0) is 17.3. The molecule has 4 atom stereocenters. The molecule has 0 amide bonds. The first-order valence-corrected chi connectivity index (χ1v) is 8.91. The second-order valence-electron chi connectivity index (χ2n) is 7.52. The molecule has 3 nitrogen and oxygen atoms in total. The van der Waals surface area contributed by atoms with Gasteiger partial charge in [-0.2, -0.15) is 0 Å². The summed E-state index contributed by atoms with van der Waals surface area (Å²) in [5, 5.41) is 0. The number of hydrogen-bond donors (Lipinski definition) is 0. The highest BCUT2D eigenvalue weighted by Gasteiger charge is 2.47. The van der Waals surface area contributed by atoms with Crippen LogP contribution in [0.5, 0.6) is 11.5 Å². The van der Waals surface area contributed by atoms with E-state index in [1.807, 2.05) is 12.1 Å². The third-order valence-electron chi connectivity index (χ3n) is 6.30. The van der Waals surface area contributed by atoms with Crippen LogP contribution in [0.2, 0.25) is 0 Å². The van der Waals surface area contributed by atoms with Crippen molar-refractivity contribution in [2.75, 3.05) is 14.2 Å². The highest BCUT2D eigenvalue weighted by molar-refractivity contribution is 5.84. The molecule has 0 heterocycles. The number of fused-ring (bicyclic) bond motifs is 1. The Morgan fingerprint density at radius 2 is 2.00 bits per heavy atom. The van der Waals surface area contributed by atoms with Crippen LogP contribution in [-0.2, 0) is 11.2 Å². The molecule has 0 aliphatic heterocycles. The van der Waals surface area contributed by atoms with Crippen molar-refractivity contribution >= 4 is 5.78 Å². The maximum Gasteiger partial charge on any atom is 0.140 e. The SMILES string of the molecule is COc1ccc(OC)c(C[C@]2(C)[C@H](C)C=C[C@@H]3C(=O)CCC[C@H]32)c1. The topological polar surface area (TPSA) is 35.5 Å². The maximum absolute atomic E-state index is 12.4. The van der Waals surface area contributed by atoms with Crippen molar-refractivity contribution in [1.82, 2.24) is 0 Å². The van der Waals surface area contributed by atoms with Crippen LogP contribution in [0, 0.1) is 23.2 Å². The van der Waals surface area contributed by atoms with E-state index in [0.29, 0.717) is 17.6 Å². The van der Waals surface area contributed by atoms with Gasteiger partial charge in [0.05, 0.1) is 14.2 Å². The van der Waals surface area contributed by atoms with Crippen molar-refractivity contribution in [3.05, 3.63) is 35.9 Å². The second-order valence-corrected chi connectivity index (χ2v) is 7.52. The molecule has 0 radical (unpaired) electrons. The minimum Gasteiger partial charge on any atom is -0.497 e. The van der Waals surface area contributed by atoms with Crippen molar-refractivity contribution < 1.29 is 14.3 Å². The molecule has 0 unspecified atom stereocenters. The Morgan fingerprint density at radius 1 is 1.21 bits per heavy atom. The van der Waals surface area contributed by atoms with Gasteiger partial charge in [0.25, 0.3) is 0 Å².